The SMILES string of the molecule is CC(=NCCN1CCN(C(=O)Nc2ccccc2)CC1)C1=C(O)CC(C)(C)CC1=O. The van der Waals surface area contributed by atoms with E-state index in [0.29, 0.717) is 43.8 Å². The van der Waals surface area contributed by atoms with E-state index in [-0.39, 0.29) is 23.0 Å². The van der Waals surface area contributed by atoms with Crippen molar-refractivity contribution in [2.75, 3.05) is 44.6 Å². The van der Waals surface area contributed by atoms with Gasteiger partial charge in [-0.1, -0.05) is 32.0 Å². The van der Waals surface area contributed by atoms with Crippen LogP contribution in [0.25, 0.3) is 0 Å². The van der Waals surface area contributed by atoms with Gasteiger partial charge in [0.15, 0.2) is 5.78 Å². The number of rotatable bonds is 5. The highest BCUT2D eigenvalue weighted by atomic mass is 16.3. The van der Waals surface area contributed by atoms with E-state index in [1.54, 1.807) is 6.92 Å². The number of amides is 2. The van der Waals surface area contributed by atoms with Crippen LogP contribution in [0.2, 0.25) is 0 Å². The van der Waals surface area contributed by atoms with Crippen molar-refractivity contribution >= 4 is 23.2 Å². The molecule has 1 aromatic carbocycles. The molecule has 1 aromatic rings. The molecule has 30 heavy (non-hydrogen) atoms. The first-order chi connectivity index (χ1) is 14.2. The van der Waals surface area contributed by atoms with Crippen molar-refractivity contribution in [3.8, 4) is 0 Å². The molecule has 0 spiro atoms. The summed E-state index contributed by atoms with van der Waals surface area (Å²) >= 11 is 0. The summed E-state index contributed by atoms with van der Waals surface area (Å²) in [5.74, 6) is 0.138. The van der Waals surface area contributed by atoms with Gasteiger partial charge in [0, 0.05) is 57.0 Å². The molecule has 2 amide bonds. The zero-order valence-corrected chi connectivity index (χ0v) is 18.1. The van der Waals surface area contributed by atoms with Crippen LogP contribution in [0.5, 0.6) is 0 Å². The molecule has 0 saturated carbocycles. The molecule has 0 aromatic heterocycles. The lowest BCUT2D eigenvalue weighted by Crippen LogP contribution is -2.50. The second-order valence-corrected chi connectivity index (χ2v) is 8.85. The normalized spacial score (nSPS) is 20.4. The standard InChI is InChI=1S/C23H32N4O3/c1-17(21-19(28)15-23(2,3)16-20(21)29)24-9-10-26-11-13-27(14-12-26)22(30)25-18-7-5-4-6-8-18/h4-8,28H,9-16H2,1-3H3,(H,25,30). The predicted octanol–water partition coefficient (Wildman–Crippen LogP) is 3.50. The van der Waals surface area contributed by atoms with Crippen LogP contribution in [-0.2, 0) is 4.79 Å². The number of nitrogens with one attached hydrogen (secondary N) is 1. The summed E-state index contributed by atoms with van der Waals surface area (Å²) in [6, 6.07) is 9.39. The van der Waals surface area contributed by atoms with Gasteiger partial charge < -0.3 is 15.3 Å². The van der Waals surface area contributed by atoms with Gasteiger partial charge in [-0.2, -0.15) is 0 Å². The molecule has 7 heteroatoms. The van der Waals surface area contributed by atoms with Crippen LogP contribution >= 0.6 is 0 Å². The molecular formula is C23H32N4O3. The number of carbonyl (C=O) groups excluding carboxylic acids is 2. The first-order valence-corrected chi connectivity index (χ1v) is 10.6. The Bertz CT molecular complexity index is 837. The number of aliphatic hydroxyl groups is 1. The number of ketones is 1. The van der Waals surface area contributed by atoms with Gasteiger partial charge in [0.05, 0.1) is 12.1 Å². The van der Waals surface area contributed by atoms with Gasteiger partial charge in [0.25, 0.3) is 0 Å². The number of carbonyl (C=O) groups is 2. The second kappa shape index (κ2) is 9.43. The van der Waals surface area contributed by atoms with Gasteiger partial charge in [-0.05, 0) is 24.5 Å². The number of para-hydroxylation sites is 1. The van der Waals surface area contributed by atoms with Gasteiger partial charge in [0.2, 0.25) is 0 Å². The third kappa shape index (κ3) is 5.69. The first kappa shape index (κ1) is 22.0. The number of urea groups is 1. The number of piperazine rings is 1. The number of anilines is 1. The number of Topliss-reactive ketones (excluding diaryl/α,β-unsaturated/α-hetero) is 1. The van der Waals surface area contributed by atoms with Crippen molar-refractivity contribution in [3.05, 3.63) is 41.7 Å². The highest BCUT2D eigenvalue weighted by Crippen LogP contribution is 2.36. The maximum Gasteiger partial charge on any atom is 0.321 e. The summed E-state index contributed by atoms with van der Waals surface area (Å²) in [4.78, 5) is 33.4. The van der Waals surface area contributed by atoms with E-state index in [1.165, 1.54) is 0 Å². The maximum absolute atomic E-state index is 12.4. The van der Waals surface area contributed by atoms with Gasteiger partial charge >= 0.3 is 6.03 Å². The summed E-state index contributed by atoms with van der Waals surface area (Å²) in [7, 11) is 0. The number of allylic oxidation sites excluding steroid dienone is 2. The Labute approximate surface area is 178 Å². The van der Waals surface area contributed by atoms with Crippen molar-refractivity contribution in [1.82, 2.24) is 9.80 Å². The molecule has 1 fully saturated rings. The van der Waals surface area contributed by atoms with E-state index in [0.717, 1.165) is 25.3 Å². The summed E-state index contributed by atoms with van der Waals surface area (Å²) in [6.45, 7) is 10.0. The Kier molecular flexibility index (Phi) is 6.92. The zero-order valence-electron chi connectivity index (χ0n) is 18.1. The van der Waals surface area contributed by atoms with Crippen molar-refractivity contribution in [1.29, 1.82) is 0 Å². The van der Waals surface area contributed by atoms with E-state index < -0.39 is 0 Å². The second-order valence-electron chi connectivity index (χ2n) is 8.85. The minimum atomic E-state index is -0.197. The zero-order chi connectivity index (χ0) is 21.7. The van der Waals surface area contributed by atoms with Crippen molar-refractivity contribution in [2.24, 2.45) is 10.4 Å². The molecule has 1 saturated heterocycles. The summed E-state index contributed by atoms with van der Waals surface area (Å²) in [6.07, 6.45) is 0.945. The minimum Gasteiger partial charge on any atom is -0.511 e. The van der Waals surface area contributed by atoms with E-state index in [2.05, 4.69) is 15.2 Å². The van der Waals surface area contributed by atoms with Gasteiger partial charge in [-0.25, -0.2) is 4.79 Å². The Morgan fingerprint density at radius 3 is 2.43 bits per heavy atom. The molecule has 2 aliphatic rings. The van der Waals surface area contributed by atoms with Crippen LogP contribution in [0, 0.1) is 5.41 Å². The quantitative estimate of drug-likeness (QED) is 0.725. The van der Waals surface area contributed by atoms with E-state index >= 15 is 0 Å². The molecule has 162 valence electrons. The Hall–Kier alpha value is -2.67. The Balaban J connectivity index is 1.45. The highest BCUT2D eigenvalue weighted by molar-refractivity contribution is 6.22. The van der Waals surface area contributed by atoms with Crippen LogP contribution in [0.1, 0.15) is 33.6 Å². The number of aliphatic imine (C=N–C) groups is 1. The summed E-state index contributed by atoms with van der Waals surface area (Å²) in [5.41, 5.74) is 1.62. The van der Waals surface area contributed by atoms with Crippen LogP contribution in [0.4, 0.5) is 10.5 Å². The third-order valence-electron chi connectivity index (χ3n) is 5.66. The molecule has 0 bridgehead atoms. The average Bonchev–Trinajstić information content (AvgIpc) is 2.67. The van der Waals surface area contributed by atoms with Crippen molar-refractivity contribution in [2.45, 2.75) is 33.6 Å². The molecule has 1 aliphatic heterocycles. The topological polar surface area (TPSA) is 85.2 Å². The minimum absolute atomic E-state index is 0.0250. The fourth-order valence-electron chi connectivity index (χ4n) is 4.04. The smallest absolute Gasteiger partial charge is 0.321 e. The number of benzene rings is 1. The lowest BCUT2D eigenvalue weighted by atomic mass is 9.76. The predicted molar refractivity (Wildman–Crippen MR) is 119 cm³/mol. The van der Waals surface area contributed by atoms with Crippen molar-refractivity contribution in [3.63, 3.8) is 0 Å². The Morgan fingerprint density at radius 2 is 1.80 bits per heavy atom. The fourth-order valence-corrected chi connectivity index (χ4v) is 4.04. The maximum atomic E-state index is 12.4. The molecule has 0 atom stereocenters. The molecule has 1 aliphatic carbocycles. The Morgan fingerprint density at radius 1 is 1.13 bits per heavy atom. The molecule has 0 unspecified atom stereocenters. The fraction of sp³-hybridized carbons (Fsp3) is 0.522. The lowest BCUT2D eigenvalue weighted by molar-refractivity contribution is -0.117. The van der Waals surface area contributed by atoms with Gasteiger partial charge in [-0.3, -0.25) is 14.7 Å². The molecule has 1 heterocycles. The molecule has 7 nitrogen and oxygen atoms in total. The highest BCUT2D eigenvalue weighted by Gasteiger charge is 2.34. The van der Waals surface area contributed by atoms with E-state index in [1.807, 2.05) is 49.1 Å². The molecule has 2 N–H and O–H groups in total. The third-order valence-corrected chi connectivity index (χ3v) is 5.66. The van der Waals surface area contributed by atoms with Gasteiger partial charge in [-0.15, -0.1) is 0 Å². The van der Waals surface area contributed by atoms with Crippen LogP contribution < -0.4 is 5.32 Å². The molecule has 3 rings (SSSR count). The number of aliphatic hydroxyl groups excluding tert-OH is 1. The van der Waals surface area contributed by atoms with Gasteiger partial charge in [0.1, 0.15) is 5.76 Å². The lowest BCUT2D eigenvalue weighted by Gasteiger charge is -2.34. The van der Waals surface area contributed by atoms with Crippen LogP contribution in [0.3, 0.4) is 0 Å². The van der Waals surface area contributed by atoms with E-state index in [4.69, 9.17) is 0 Å². The summed E-state index contributed by atoms with van der Waals surface area (Å²) in [5, 5.41) is 13.2. The first-order valence-electron chi connectivity index (χ1n) is 10.6. The number of hydrogen-bond acceptors (Lipinski definition) is 5. The average molecular weight is 413 g/mol. The van der Waals surface area contributed by atoms with E-state index in [9.17, 15) is 14.7 Å². The number of nitrogens with zero attached hydrogens (tertiary/aromatic N) is 3. The van der Waals surface area contributed by atoms with Crippen LogP contribution in [0.15, 0.2) is 46.7 Å². The molecular weight excluding hydrogens is 380 g/mol. The monoisotopic (exact) mass is 412 g/mol. The van der Waals surface area contributed by atoms with Crippen molar-refractivity contribution < 1.29 is 14.7 Å². The largest absolute Gasteiger partial charge is 0.511 e. The van der Waals surface area contributed by atoms with Crippen LogP contribution in [-0.4, -0.2) is 71.7 Å². The molecule has 0 radical (unpaired) electrons. The number of hydrogen-bond donors (Lipinski definition) is 2. The summed E-state index contributed by atoms with van der Waals surface area (Å²) < 4.78 is 0.